The maximum Gasteiger partial charge on any atom is 0.234 e. The second-order valence-corrected chi connectivity index (χ2v) is 8.31. The lowest BCUT2D eigenvalue weighted by Gasteiger charge is -2.13. The van der Waals surface area contributed by atoms with Crippen LogP contribution in [0, 0.1) is 0 Å². The molecule has 0 radical (unpaired) electrons. The number of para-hydroxylation sites is 2. The summed E-state index contributed by atoms with van der Waals surface area (Å²) >= 11 is 1.43. The first kappa shape index (κ1) is 18.7. The van der Waals surface area contributed by atoms with Crippen molar-refractivity contribution in [3.63, 3.8) is 0 Å². The number of hydrogen-bond acceptors (Lipinski definition) is 4. The standard InChI is InChI=1S/C22H24N4OS/c1-15(2)18-10-6-7-11-19(18)23-20(27)14-28-22-25-24-21(16-12-13-16)26(22)17-8-4-3-5-9-17/h3-11,15-16H,12-14H2,1-2H3,(H,23,27). The first-order valence-corrected chi connectivity index (χ1v) is 10.6. The van der Waals surface area contributed by atoms with E-state index in [0.29, 0.717) is 17.6 Å². The fourth-order valence-electron chi connectivity index (χ4n) is 3.23. The highest BCUT2D eigenvalue weighted by Crippen LogP contribution is 2.41. The van der Waals surface area contributed by atoms with E-state index < -0.39 is 0 Å². The van der Waals surface area contributed by atoms with E-state index in [-0.39, 0.29) is 5.91 Å². The van der Waals surface area contributed by atoms with Gasteiger partial charge in [-0.05, 0) is 42.5 Å². The highest BCUT2D eigenvalue weighted by molar-refractivity contribution is 7.99. The zero-order chi connectivity index (χ0) is 19.5. The van der Waals surface area contributed by atoms with Crippen molar-refractivity contribution in [3.8, 4) is 5.69 Å². The van der Waals surface area contributed by atoms with Crippen LogP contribution in [0.1, 0.15) is 49.9 Å². The van der Waals surface area contributed by atoms with E-state index in [1.165, 1.54) is 11.8 Å². The molecule has 1 fully saturated rings. The molecule has 1 aromatic heterocycles. The van der Waals surface area contributed by atoms with Crippen molar-refractivity contribution in [2.24, 2.45) is 0 Å². The number of carbonyl (C=O) groups excluding carboxylic acids is 1. The minimum absolute atomic E-state index is 0.0336. The average Bonchev–Trinajstić information content (AvgIpc) is 3.46. The van der Waals surface area contributed by atoms with E-state index >= 15 is 0 Å². The van der Waals surface area contributed by atoms with Crippen molar-refractivity contribution in [2.75, 3.05) is 11.1 Å². The molecule has 1 N–H and O–H groups in total. The van der Waals surface area contributed by atoms with Gasteiger partial charge in [-0.2, -0.15) is 0 Å². The van der Waals surface area contributed by atoms with Gasteiger partial charge in [0.15, 0.2) is 5.16 Å². The van der Waals surface area contributed by atoms with Gasteiger partial charge in [-0.1, -0.05) is 62.0 Å². The molecule has 0 aliphatic heterocycles. The third-order valence-electron chi connectivity index (χ3n) is 4.80. The van der Waals surface area contributed by atoms with Crippen molar-refractivity contribution in [1.82, 2.24) is 14.8 Å². The summed E-state index contributed by atoms with van der Waals surface area (Å²) in [6.45, 7) is 4.25. The van der Waals surface area contributed by atoms with Gasteiger partial charge in [0.1, 0.15) is 5.82 Å². The number of nitrogens with one attached hydrogen (secondary N) is 1. The van der Waals surface area contributed by atoms with E-state index in [2.05, 4.69) is 52.1 Å². The second kappa shape index (κ2) is 8.19. The smallest absolute Gasteiger partial charge is 0.234 e. The third-order valence-corrected chi connectivity index (χ3v) is 5.73. The van der Waals surface area contributed by atoms with Crippen LogP contribution in [0.4, 0.5) is 5.69 Å². The van der Waals surface area contributed by atoms with Gasteiger partial charge < -0.3 is 5.32 Å². The Balaban J connectivity index is 1.49. The lowest BCUT2D eigenvalue weighted by Crippen LogP contribution is -2.16. The quantitative estimate of drug-likeness (QED) is 0.575. The monoisotopic (exact) mass is 392 g/mol. The van der Waals surface area contributed by atoms with Gasteiger partial charge in [0.05, 0.1) is 5.75 Å². The first-order chi connectivity index (χ1) is 13.6. The topological polar surface area (TPSA) is 59.8 Å². The Morgan fingerprint density at radius 1 is 1.11 bits per heavy atom. The number of nitrogens with zero attached hydrogens (tertiary/aromatic N) is 3. The van der Waals surface area contributed by atoms with Crippen LogP contribution in [0.5, 0.6) is 0 Å². The van der Waals surface area contributed by atoms with Crippen molar-refractivity contribution in [3.05, 3.63) is 66.0 Å². The molecule has 144 valence electrons. The predicted octanol–water partition coefficient (Wildman–Crippen LogP) is 5.00. The number of amides is 1. The normalized spacial score (nSPS) is 13.7. The molecule has 0 spiro atoms. The summed E-state index contributed by atoms with van der Waals surface area (Å²) < 4.78 is 2.09. The SMILES string of the molecule is CC(C)c1ccccc1NC(=O)CSc1nnc(C2CC2)n1-c1ccccc1. The van der Waals surface area contributed by atoms with Crippen LogP contribution in [-0.4, -0.2) is 26.4 Å². The van der Waals surface area contributed by atoms with E-state index in [9.17, 15) is 4.79 Å². The number of aromatic nitrogens is 3. The predicted molar refractivity (Wildman–Crippen MR) is 113 cm³/mol. The van der Waals surface area contributed by atoms with E-state index in [0.717, 1.165) is 40.8 Å². The lowest BCUT2D eigenvalue weighted by atomic mass is 10.0. The van der Waals surface area contributed by atoms with Gasteiger partial charge in [-0.25, -0.2) is 0 Å². The van der Waals surface area contributed by atoms with E-state index in [4.69, 9.17) is 0 Å². The molecule has 1 aliphatic carbocycles. The van der Waals surface area contributed by atoms with Gasteiger partial charge in [-0.15, -0.1) is 10.2 Å². The summed E-state index contributed by atoms with van der Waals surface area (Å²) in [7, 11) is 0. The molecule has 0 bridgehead atoms. The van der Waals surface area contributed by atoms with Crippen molar-refractivity contribution >= 4 is 23.4 Å². The van der Waals surface area contributed by atoms with Crippen LogP contribution in [0.2, 0.25) is 0 Å². The van der Waals surface area contributed by atoms with Crippen molar-refractivity contribution in [2.45, 2.75) is 43.7 Å². The van der Waals surface area contributed by atoms with Crippen LogP contribution >= 0.6 is 11.8 Å². The largest absolute Gasteiger partial charge is 0.325 e. The van der Waals surface area contributed by atoms with Crippen LogP contribution in [0.3, 0.4) is 0 Å². The molecule has 0 unspecified atom stereocenters. The lowest BCUT2D eigenvalue weighted by molar-refractivity contribution is -0.113. The van der Waals surface area contributed by atoms with Gasteiger partial charge in [0.2, 0.25) is 5.91 Å². The number of benzene rings is 2. The highest BCUT2D eigenvalue weighted by Gasteiger charge is 2.31. The molecule has 4 rings (SSSR count). The summed E-state index contributed by atoms with van der Waals surface area (Å²) in [5.41, 5.74) is 3.07. The van der Waals surface area contributed by atoms with Crippen LogP contribution in [0.15, 0.2) is 59.8 Å². The Kier molecular flexibility index (Phi) is 5.48. The molecule has 2 aromatic carbocycles. The van der Waals surface area contributed by atoms with Gasteiger partial charge in [-0.3, -0.25) is 9.36 Å². The molecular weight excluding hydrogens is 368 g/mol. The molecule has 1 saturated carbocycles. The van der Waals surface area contributed by atoms with Crippen molar-refractivity contribution < 1.29 is 4.79 Å². The molecular formula is C22H24N4OS. The molecule has 5 nitrogen and oxygen atoms in total. The maximum atomic E-state index is 12.6. The summed E-state index contributed by atoms with van der Waals surface area (Å²) in [5.74, 6) is 2.09. The minimum Gasteiger partial charge on any atom is -0.325 e. The Labute approximate surface area is 169 Å². The Morgan fingerprint density at radius 3 is 2.54 bits per heavy atom. The average molecular weight is 393 g/mol. The molecule has 1 heterocycles. The molecule has 1 amide bonds. The minimum atomic E-state index is -0.0336. The summed E-state index contributed by atoms with van der Waals surface area (Å²) in [6, 6.07) is 18.1. The van der Waals surface area contributed by atoms with E-state index in [1.807, 2.05) is 36.4 Å². The first-order valence-electron chi connectivity index (χ1n) is 9.66. The summed E-state index contributed by atoms with van der Waals surface area (Å²) in [6.07, 6.45) is 2.31. The Hall–Kier alpha value is -2.60. The molecule has 28 heavy (non-hydrogen) atoms. The maximum absolute atomic E-state index is 12.6. The zero-order valence-electron chi connectivity index (χ0n) is 16.1. The second-order valence-electron chi connectivity index (χ2n) is 7.36. The highest BCUT2D eigenvalue weighted by atomic mass is 32.2. The molecule has 0 saturated heterocycles. The van der Waals surface area contributed by atoms with Gasteiger partial charge >= 0.3 is 0 Å². The number of anilines is 1. The van der Waals surface area contributed by atoms with Gasteiger partial charge in [0, 0.05) is 17.3 Å². The number of carbonyl (C=O) groups is 1. The molecule has 3 aromatic rings. The fourth-order valence-corrected chi connectivity index (χ4v) is 3.99. The number of rotatable bonds is 7. The summed E-state index contributed by atoms with van der Waals surface area (Å²) in [5, 5.41) is 12.6. The van der Waals surface area contributed by atoms with E-state index in [1.54, 1.807) is 0 Å². The van der Waals surface area contributed by atoms with Crippen LogP contribution in [-0.2, 0) is 4.79 Å². The summed E-state index contributed by atoms with van der Waals surface area (Å²) in [4.78, 5) is 12.6. The number of thioether (sulfide) groups is 1. The fraction of sp³-hybridized carbons (Fsp3) is 0.318. The van der Waals surface area contributed by atoms with Crippen molar-refractivity contribution in [1.29, 1.82) is 0 Å². The molecule has 0 atom stereocenters. The van der Waals surface area contributed by atoms with Crippen LogP contribution in [0.25, 0.3) is 5.69 Å². The Morgan fingerprint density at radius 2 is 1.82 bits per heavy atom. The molecule has 1 aliphatic rings. The molecule has 6 heteroatoms. The van der Waals surface area contributed by atoms with Crippen LogP contribution < -0.4 is 5.32 Å². The Bertz CT molecular complexity index is 964. The third kappa shape index (κ3) is 4.12. The van der Waals surface area contributed by atoms with Gasteiger partial charge in [0.25, 0.3) is 0 Å². The zero-order valence-corrected chi connectivity index (χ0v) is 16.9. The number of hydrogen-bond donors (Lipinski definition) is 1.